The van der Waals surface area contributed by atoms with Crippen molar-refractivity contribution in [2.75, 3.05) is 38.6 Å². The fourth-order valence-electron chi connectivity index (χ4n) is 3.85. The summed E-state index contributed by atoms with van der Waals surface area (Å²) in [4.78, 5) is 26.7. The molecule has 2 fully saturated rings. The predicted octanol–water partition coefficient (Wildman–Crippen LogP) is 2.86. The first-order valence-corrected chi connectivity index (χ1v) is 10.7. The van der Waals surface area contributed by atoms with Crippen LogP contribution in [-0.4, -0.2) is 60.9 Å². The predicted molar refractivity (Wildman–Crippen MR) is 117 cm³/mol. The number of alkyl halides is 1. The van der Waals surface area contributed by atoms with Gasteiger partial charge in [0, 0.05) is 37.5 Å². The van der Waals surface area contributed by atoms with Crippen LogP contribution in [0.3, 0.4) is 0 Å². The van der Waals surface area contributed by atoms with E-state index in [1.165, 1.54) is 0 Å². The molecule has 162 valence electrons. The highest BCUT2D eigenvalue weighted by Crippen LogP contribution is 2.31. The summed E-state index contributed by atoms with van der Waals surface area (Å²) in [7, 11) is 0. The molecule has 2 aliphatic rings. The number of rotatable bonds is 6. The topological polar surface area (TPSA) is 70.7 Å². The van der Waals surface area contributed by atoms with Gasteiger partial charge in [0.1, 0.15) is 11.6 Å². The van der Waals surface area contributed by atoms with Gasteiger partial charge in [0.2, 0.25) is 5.91 Å². The minimum absolute atomic E-state index is 0. The molecule has 29 heavy (non-hydrogen) atoms. The van der Waals surface area contributed by atoms with Crippen molar-refractivity contribution in [3.63, 3.8) is 0 Å². The number of carbonyl (C=O) groups excluding carboxylic acids is 2. The van der Waals surface area contributed by atoms with Crippen molar-refractivity contribution in [3.8, 4) is 5.75 Å². The number of likely N-dealkylation sites (tertiary alicyclic amines) is 1. The third-order valence-electron chi connectivity index (χ3n) is 5.54. The Kier molecular flexibility index (Phi) is 9.34. The number of hydrogen-bond donors (Lipinski definition) is 2. The van der Waals surface area contributed by atoms with E-state index in [0.29, 0.717) is 49.2 Å². The summed E-state index contributed by atoms with van der Waals surface area (Å²) in [5.74, 6) is 0.934. The molecule has 2 amide bonds. The molecule has 2 aliphatic heterocycles. The van der Waals surface area contributed by atoms with Crippen molar-refractivity contribution in [3.05, 3.63) is 29.3 Å². The van der Waals surface area contributed by atoms with E-state index in [1.54, 1.807) is 12.1 Å². The van der Waals surface area contributed by atoms with Crippen LogP contribution in [0.1, 0.15) is 25.7 Å². The van der Waals surface area contributed by atoms with Gasteiger partial charge in [-0.1, -0.05) is 11.6 Å². The van der Waals surface area contributed by atoms with Gasteiger partial charge in [-0.3, -0.25) is 9.59 Å². The summed E-state index contributed by atoms with van der Waals surface area (Å²) in [6, 6.07) is 7.17. The maximum Gasteiger partial charge on any atom is 0.266 e. The fraction of sp³-hybridized carbons (Fsp3) is 0.600. The Hall–Kier alpha value is -1.21. The number of halogens is 3. The summed E-state index contributed by atoms with van der Waals surface area (Å²) in [5.41, 5.74) is -0.835. The average Bonchev–Trinajstić information content (AvgIpc) is 2.74. The molecule has 9 heteroatoms. The number of ether oxygens (including phenoxy) is 1. The van der Waals surface area contributed by atoms with Crippen LogP contribution in [0, 0.1) is 5.92 Å². The van der Waals surface area contributed by atoms with Crippen LogP contribution < -0.4 is 15.4 Å². The third-order valence-corrected chi connectivity index (χ3v) is 6.03. The number of nitrogens with zero attached hydrogens (tertiary/aromatic N) is 1. The maximum atomic E-state index is 13.4. The Bertz CT molecular complexity index is 673. The first-order valence-electron chi connectivity index (χ1n) is 9.80. The van der Waals surface area contributed by atoms with Gasteiger partial charge < -0.3 is 20.3 Å². The lowest BCUT2D eigenvalue weighted by Gasteiger charge is -2.42. The molecule has 2 N–H and O–H groups in total. The molecule has 1 aromatic carbocycles. The molecule has 0 saturated carbocycles. The van der Waals surface area contributed by atoms with Gasteiger partial charge in [-0.2, -0.15) is 0 Å². The number of amides is 2. The highest BCUT2D eigenvalue weighted by atomic mass is 35.5. The zero-order valence-electron chi connectivity index (χ0n) is 16.3. The maximum absolute atomic E-state index is 13.4. The Morgan fingerprint density at radius 2 is 1.79 bits per heavy atom. The molecule has 0 bridgehead atoms. The minimum atomic E-state index is -0.835. The quantitative estimate of drug-likeness (QED) is 0.635. The second kappa shape index (κ2) is 11.3. The van der Waals surface area contributed by atoms with Crippen molar-refractivity contribution in [1.82, 2.24) is 15.5 Å². The largest absolute Gasteiger partial charge is 0.477 e. The Morgan fingerprint density at radius 1 is 1.17 bits per heavy atom. The molecule has 2 saturated heterocycles. The lowest BCUT2D eigenvalue weighted by molar-refractivity contribution is -0.152. The van der Waals surface area contributed by atoms with E-state index in [1.807, 2.05) is 17.0 Å². The molecular formula is C20H28Cl3N3O3. The van der Waals surface area contributed by atoms with Gasteiger partial charge in [0.05, 0.1) is 0 Å². The molecule has 3 rings (SSSR count). The first-order chi connectivity index (χ1) is 13.5. The van der Waals surface area contributed by atoms with Gasteiger partial charge in [-0.25, -0.2) is 0 Å². The van der Waals surface area contributed by atoms with Gasteiger partial charge in [0.25, 0.3) is 5.91 Å². The lowest BCUT2D eigenvalue weighted by atomic mass is 9.88. The van der Waals surface area contributed by atoms with Crippen LogP contribution in [0.2, 0.25) is 5.02 Å². The summed E-state index contributed by atoms with van der Waals surface area (Å²) < 4.78 is 6.27. The van der Waals surface area contributed by atoms with E-state index in [9.17, 15) is 9.59 Å². The van der Waals surface area contributed by atoms with Crippen molar-refractivity contribution >= 4 is 47.4 Å². The molecule has 0 aromatic heterocycles. The minimum Gasteiger partial charge on any atom is -0.477 e. The Labute approximate surface area is 188 Å². The van der Waals surface area contributed by atoms with E-state index in [2.05, 4.69) is 10.6 Å². The van der Waals surface area contributed by atoms with Gasteiger partial charge in [0.15, 0.2) is 5.60 Å². The second-order valence-corrected chi connectivity index (χ2v) is 8.18. The van der Waals surface area contributed by atoms with Gasteiger partial charge in [-0.05, 0) is 56.1 Å². The van der Waals surface area contributed by atoms with E-state index in [4.69, 9.17) is 27.9 Å². The molecule has 0 unspecified atom stereocenters. The van der Waals surface area contributed by atoms with E-state index in [-0.39, 0.29) is 30.1 Å². The van der Waals surface area contributed by atoms with Crippen molar-refractivity contribution < 1.29 is 14.3 Å². The van der Waals surface area contributed by atoms with Crippen LogP contribution in [0.25, 0.3) is 0 Å². The molecule has 0 spiro atoms. The molecule has 0 radical (unpaired) electrons. The lowest BCUT2D eigenvalue weighted by Crippen LogP contribution is -2.59. The number of benzene rings is 1. The third kappa shape index (κ3) is 6.38. The summed E-state index contributed by atoms with van der Waals surface area (Å²) >= 11 is 11.5. The normalized spacial score (nSPS) is 19.2. The zero-order valence-corrected chi connectivity index (χ0v) is 18.6. The SMILES string of the molecule is Cl.O=C(CCl)NCC1CCN(C(=O)C2(Oc3ccc(Cl)cc3)CCNCC2)CC1. The molecule has 0 aliphatic carbocycles. The second-order valence-electron chi connectivity index (χ2n) is 7.47. The number of hydrogen-bond acceptors (Lipinski definition) is 4. The van der Waals surface area contributed by atoms with E-state index < -0.39 is 5.60 Å². The number of carbonyl (C=O) groups is 2. The van der Waals surface area contributed by atoms with Crippen molar-refractivity contribution in [1.29, 1.82) is 0 Å². The fourth-order valence-corrected chi connectivity index (χ4v) is 4.07. The summed E-state index contributed by atoms with van der Waals surface area (Å²) in [6.07, 6.45) is 3.01. The van der Waals surface area contributed by atoms with E-state index in [0.717, 1.165) is 25.9 Å². The van der Waals surface area contributed by atoms with Crippen molar-refractivity contribution in [2.24, 2.45) is 5.92 Å². The zero-order chi connectivity index (χ0) is 20.0. The van der Waals surface area contributed by atoms with Crippen LogP contribution in [0.5, 0.6) is 5.75 Å². The van der Waals surface area contributed by atoms with Crippen LogP contribution in [-0.2, 0) is 9.59 Å². The average molecular weight is 465 g/mol. The monoisotopic (exact) mass is 463 g/mol. The van der Waals surface area contributed by atoms with E-state index >= 15 is 0 Å². The van der Waals surface area contributed by atoms with Crippen LogP contribution in [0.15, 0.2) is 24.3 Å². The van der Waals surface area contributed by atoms with Crippen molar-refractivity contribution in [2.45, 2.75) is 31.3 Å². The summed E-state index contributed by atoms with van der Waals surface area (Å²) in [6.45, 7) is 3.48. The molecular weight excluding hydrogens is 437 g/mol. The summed E-state index contributed by atoms with van der Waals surface area (Å²) in [5, 5.41) is 6.79. The van der Waals surface area contributed by atoms with Crippen LogP contribution >= 0.6 is 35.6 Å². The molecule has 2 heterocycles. The highest BCUT2D eigenvalue weighted by Gasteiger charge is 2.45. The molecule has 1 aromatic rings. The van der Waals surface area contributed by atoms with Crippen LogP contribution in [0.4, 0.5) is 0 Å². The molecule has 0 atom stereocenters. The standard InChI is InChI=1S/C20H27Cl2N3O3.ClH/c21-13-18(26)24-14-15-5-11-25(12-6-15)19(27)20(7-9-23-10-8-20)28-17-3-1-16(22)2-4-17;/h1-4,15,23H,5-14H2,(H,24,26);1H. The smallest absolute Gasteiger partial charge is 0.266 e. The number of piperidine rings is 2. The molecule has 6 nitrogen and oxygen atoms in total. The number of nitrogens with one attached hydrogen (secondary N) is 2. The van der Waals surface area contributed by atoms with Gasteiger partial charge in [-0.15, -0.1) is 24.0 Å². The Balaban J connectivity index is 0.00000300. The highest BCUT2D eigenvalue weighted by molar-refractivity contribution is 6.30. The Morgan fingerprint density at radius 3 is 2.38 bits per heavy atom. The first kappa shape index (κ1) is 24.1. The van der Waals surface area contributed by atoms with Gasteiger partial charge >= 0.3 is 0 Å².